The van der Waals surface area contributed by atoms with Gasteiger partial charge in [-0.15, -0.1) is 0 Å². The number of aliphatic hydroxyl groups excluding tert-OH is 1. The van der Waals surface area contributed by atoms with Crippen molar-refractivity contribution in [1.29, 1.82) is 0 Å². The highest BCUT2D eigenvalue weighted by Gasteiger charge is 2.36. The molecule has 0 atom stereocenters. The van der Waals surface area contributed by atoms with Gasteiger partial charge in [-0.2, -0.15) is 9.78 Å². The average Bonchev–Trinajstić information content (AvgIpc) is 2.60. The Morgan fingerprint density at radius 1 is 1.35 bits per heavy atom. The summed E-state index contributed by atoms with van der Waals surface area (Å²) in [6, 6.07) is 5.50. The molecule has 1 fully saturated rings. The van der Waals surface area contributed by atoms with Gasteiger partial charge in [-0.05, 0) is 36.8 Å². The van der Waals surface area contributed by atoms with Crippen molar-refractivity contribution >= 4 is 23.0 Å². The highest BCUT2D eigenvalue weighted by Crippen LogP contribution is 2.43. The lowest BCUT2D eigenvalue weighted by Crippen LogP contribution is -2.37. The number of hydrogen-bond donors (Lipinski definition) is 2. The molecule has 0 bridgehead atoms. The van der Waals surface area contributed by atoms with Crippen molar-refractivity contribution in [2.45, 2.75) is 25.7 Å². The summed E-state index contributed by atoms with van der Waals surface area (Å²) < 4.78 is 1.10. The lowest BCUT2D eigenvalue weighted by Gasteiger charge is -2.42. The number of rotatable bonds is 7. The van der Waals surface area contributed by atoms with Crippen molar-refractivity contribution in [2.75, 3.05) is 18.5 Å². The fourth-order valence-corrected chi connectivity index (χ4v) is 3.36. The number of nitrogens with zero attached hydrogens (tertiary/aromatic N) is 3. The van der Waals surface area contributed by atoms with E-state index in [0.29, 0.717) is 24.3 Å². The summed E-state index contributed by atoms with van der Waals surface area (Å²) in [5, 5.41) is 27.2. The SMILES string of the molecule is O=c1c(Cl)c(NCC2(CCO)CCC2)cnn1-c1ccc([N+](=O)[O-])cc1. The zero-order valence-corrected chi connectivity index (χ0v) is 14.8. The molecule has 1 aliphatic rings. The third kappa shape index (κ3) is 3.56. The first-order valence-corrected chi connectivity index (χ1v) is 8.71. The van der Waals surface area contributed by atoms with E-state index in [1.54, 1.807) is 0 Å². The molecule has 0 amide bonds. The van der Waals surface area contributed by atoms with Gasteiger partial charge < -0.3 is 10.4 Å². The van der Waals surface area contributed by atoms with Crippen molar-refractivity contribution in [3.8, 4) is 5.69 Å². The Balaban J connectivity index is 1.80. The highest BCUT2D eigenvalue weighted by atomic mass is 35.5. The minimum absolute atomic E-state index is 0.0109. The minimum Gasteiger partial charge on any atom is -0.396 e. The van der Waals surface area contributed by atoms with Crippen molar-refractivity contribution in [2.24, 2.45) is 5.41 Å². The Kier molecular flexibility index (Phi) is 5.24. The van der Waals surface area contributed by atoms with Gasteiger partial charge in [0.05, 0.1) is 22.5 Å². The number of aliphatic hydroxyl groups is 1. The van der Waals surface area contributed by atoms with Crippen LogP contribution in [0.4, 0.5) is 11.4 Å². The molecule has 3 rings (SSSR count). The molecule has 1 aromatic carbocycles. The standard InChI is InChI=1S/C17H19ClN4O4/c18-15-14(19-11-17(8-9-23)6-1-7-17)10-20-21(16(15)24)12-2-4-13(5-3-12)22(25)26/h2-5,10,19,23H,1,6-9,11H2. The first-order chi connectivity index (χ1) is 12.5. The van der Waals surface area contributed by atoms with E-state index in [-0.39, 0.29) is 22.7 Å². The van der Waals surface area contributed by atoms with Crippen LogP contribution in [0.5, 0.6) is 0 Å². The fraction of sp³-hybridized carbons (Fsp3) is 0.412. The Hall–Kier alpha value is -2.45. The summed E-state index contributed by atoms with van der Waals surface area (Å²) in [7, 11) is 0. The van der Waals surface area contributed by atoms with Crippen LogP contribution in [0.3, 0.4) is 0 Å². The van der Waals surface area contributed by atoms with Crippen LogP contribution in [-0.4, -0.2) is 33.0 Å². The molecule has 1 aromatic heterocycles. The second kappa shape index (κ2) is 7.43. The van der Waals surface area contributed by atoms with Crippen LogP contribution < -0.4 is 10.9 Å². The van der Waals surface area contributed by atoms with Crippen molar-refractivity contribution < 1.29 is 10.0 Å². The summed E-state index contributed by atoms with van der Waals surface area (Å²) in [4.78, 5) is 22.7. The van der Waals surface area contributed by atoms with E-state index in [1.165, 1.54) is 30.5 Å². The van der Waals surface area contributed by atoms with Crippen LogP contribution in [-0.2, 0) is 0 Å². The molecule has 26 heavy (non-hydrogen) atoms. The van der Waals surface area contributed by atoms with Gasteiger partial charge in [0.1, 0.15) is 5.02 Å². The third-order valence-electron chi connectivity index (χ3n) is 4.93. The van der Waals surface area contributed by atoms with E-state index in [0.717, 1.165) is 23.9 Å². The largest absolute Gasteiger partial charge is 0.396 e. The van der Waals surface area contributed by atoms with Gasteiger partial charge in [-0.1, -0.05) is 18.0 Å². The maximum Gasteiger partial charge on any atom is 0.292 e. The first kappa shape index (κ1) is 18.3. The number of halogens is 1. The second-order valence-electron chi connectivity index (χ2n) is 6.54. The maximum absolute atomic E-state index is 12.5. The summed E-state index contributed by atoms with van der Waals surface area (Å²) >= 11 is 6.20. The number of benzene rings is 1. The number of nitrogens with one attached hydrogen (secondary N) is 1. The summed E-state index contributed by atoms with van der Waals surface area (Å²) in [5.74, 6) is 0. The molecule has 2 N–H and O–H groups in total. The molecule has 1 saturated carbocycles. The van der Waals surface area contributed by atoms with Crippen LogP contribution in [0.1, 0.15) is 25.7 Å². The predicted molar refractivity (Wildman–Crippen MR) is 98.0 cm³/mol. The predicted octanol–water partition coefficient (Wildman–Crippen LogP) is 2.76. The molecule has 138 valence electrons. The molecule has 9 heteroatoms. The normalized spacial score (nSPS) is 15.3. The van der Waals surface area contributed by atoms with Crippen LogP contribution in [0.25, 0.3) is 5.69 Å². The first-order valence-electron chi connectivity index (χ1n) is 8.33. The van der Waals surface area contributed by atoms with E-state index >= 15 is 0 Å². The lowest BCUT2D eigenvalue weighted by atomic mass is 9.67. The maximum atomic E-state index is 12.5. The van der Waals surface area contributed by atoms with E-state index in [9.17, 15) is 20.0 Å². The Morgan fingerprint density at radius 3 is 2.58 bits per heavy atom. The number of nitro benzene ring substituents is 1. The van der Waals surface area contributed by atoms with Crippen LogP contribution in [0.15, 0.2) is 35.3 Å². The summed E-state index contributed by atoms with van der Waals surface area (Å²) in [6.07, 6.45) is 5.38. The number of anilines is 1. The van der Waals surface area contributed by atoms with Crippen LogP contribution in [0, 0.1) is 15.5 Å². The average molecular weight is 379 g/mol. The molecular weight excluding hydrogens is 360 g/mol. The Bertz CT molecular complexity index is 862. The van der Waals surface area contributed by atoms with Crippen molar-refractivity contribution in [1.82, 2.24) is 9.78 Å². The number of aromatic nitrogens is 2. The second-order valence-corrected chi connectivity index (χ2v) is 6.92. The molecule has 0 saturated heterocycles. The van der Waals surface area contributed by atoms with E-state index < -0.39 is 10.5 Å². The molecule has 1 aliphatic carbocycles. The minimum atomic E-state index is -0.511. The number of nitro groups is 1. The van der Waals surface area contributed by atoms with Gasteiger partial charge in [-0.3, -0.25) is 14.9 Å². The molecule has 8 nitrogen and oxygen atoms in total. The van der Waals surface area contributed by atoms with Gasteiger partial charge in [0.25, 0.3) is 11.2 Å². The van der Waals surface area contributed by atoms with Crippen molar-refractivity contribution in [3.63, 3.8) is 0 Å². The van der Waals surface area contributed by atoms with Crippen molar-refractivity contribution in [3.05, 3.63) is 56.0 Å². The molecule has 0 spiro atoms. The zero-order chi connectivity index (χ0) is 18.7. The monoisotopic (exact) mass is 378 g/mol. The molecule has 0 aliphatic heterocycles. The number of non-ortho nitro benzene ring substituents is 1. The highest BCUT2D eigenvalue weighted by molar-refractivity contribution is 6.32. The lowest BCUT2D eigenvalue weighted by molar-refractivity contribution is -0.384. The summed E-state index contributed by atoms with van der Waals surface area (Å²) in [5.41, 5.74) is 0.311. The van der Waals surface area contributed by atoms with Gasteiger partial charge in [-0.25, -0.2) is 0 Å². The van der Waals surface area contributed by atoms with Gasteiger partial charge >= 0.3 is 0 Å². The molecule has 0 radical (unpaired) electrons. The quantitative estimate of drug-likeness (QED) is 0.566. The number of hydrogen-bond acceptors (Lipinski definition) is 6. The zero-order valence-electron chi connectivity index (χ0n) is 14.0. The molecule has 2 aromatic rings. The van der Waals surface area contributed by atoms with E-state index in [4.69, 9.17) is 11.6 Å². The van der Waals surface area contributed by atoms with Crippen LogP contribution >= 0.6 is 11.6 Å². The Labute approximate surface area is 154 Å². The molecule has 1 heterocycles. The van der Waals surface area contributed by atoms with Gasteiger partial charge in [0, 0.05) is 25.3 Å². The smallest absolute Gasteiger partial charge is 0.292 e. The van der Waals surface area contributed by atoms with E-state index in [2.05, 4.69) is 10.4 Å². The third-order valence-corrected chi connectivity index (χ3v) is 5.30. The molecule has 0 unspecified atom stereocenters. The van der Waals surface area contributed by atoms with Gasteiger partial charge in [0.15, 0.2) is 0 Å². The Morgan fingerprint density at radius 2 is 2.04 bits per heavy atom. The van der Waals surface area contributed by atoms with Gasteiger partial charge in [0.2, 0.25) is 0 Å². The fourth-order valence-electron chi connectivity index (χ4n) is 3.17. The van der Waals surface area contributed by atoms with E-state index in [1.807, 2.05) is 0 Å². The molecular formula is C17H19ClN4O4. The topological polar surface area (TPSA) is 110 Å². The van der Waals surface area contributed by atoms with Crippen LogP contribution in [0.2, 0.25) is 5.02 Å². The summed E-state index contributed by atoms with van der Waals surface area (Å²) in [6.45, 7) is 0.755.